The Hall–Kier alpha value is -0.890. The highest BCUT2D eigenvalue weighted by Gasteiger charge is 2.56. The van der Waals surface area contributed by atoms with Crippen molar-refractivity contribution in [1.82, 2.24) is 4.90 Å². The minimum atomic E-state index is -0.627. The van der Waals surface area contributed by atoms with Crippen LogP contribution in [-0.4, -0.2) is 57.7 Å². The van der Waals surface area contributed by atoms with Crippen LogP contribution in [0.3, 0.4) is 0 Å². The average molecular weight is 412 g/mol. The van der Waals surface area contributed by atoms with Crippen molar-refractivity contribution in [3.05, 3.63) is 35.9 Å². The van der Waals surface area contributed by atoms with Crippen LogP contribution in [-0.2, 0) is 20.8 Å². The molecule has 1 amide bonds. The van der Waals surface area contributed by atoms with Gasteiger partial charge in [-0.2, -0.15) is 0 Å². The van der Waals surface area contributed by atoms with Gasteiger partial charge < -0.3 is 14.2 Å². The van der Waals surface area contributed by atoms with Gasteiger partial charge in [0.1, 0.15) is 18.8 Å². The fraction of sp³-hybridized carbons (Fsp3) is 0.650. The van der Waals surface area contributed by atoms with E-state index in [1.165, 1.54) is 0 Å². The number of benzene rings is 1. The van der Waals surface area contributed by atoms with Crippen molar-refractivity contribution >= 4 is 29.6 Å². The molecule has 27 heavy (non-hydrogen) atoms. The van der Waals surface area contributed by atoms with Crippen molar-refractivity contribution in [1.29, 1.82) is 0 Å². The van der Waals surface area contributed by atoms with Gasteiger partial charge in [-0.25, -0.2) is 4.79 Å². The van der Waals surface area contributed by atoms with E-state index in [4.69, 9.17) is 14.2 Å². The predicted molar refractivity (Wildman–Crippen MR) is 111 cm³/mol. The summed E-state index contributed by atoms with van der Waals surface area (Å²) in [7, 11) is 0. The van der Waals surface area contributed by atoms with Crippen LogP contribution in [0.4, 0.5) is 4.79 Å². The van der Waals surface area contributed by atoms with Crippen LogP contribution >= 0.6 is 23.5 Å². The lowest BCUT2D eigenvalue weighted by atomic mass is 10.1. The third-order valence-electron chi connectivity index (χ3n) is 4.56. The molecule has 0 aliphatic carbocycles. The van der Waals surface area contributed by atoms with Crippen molar-refractivity contribution in [3.63, 3.8) is 0 Å². The van der Waals surface area contributed by atoms with Gasteiger partial charge >= 0.3 is 6.09 Å². The first-order valence-electron chi connectivity index (χ1n) is 9.51. The fourth-order valence-electron chi connectivity index (χ4n) is 3.34. The summed E-state index contributed by atoms with van der Waals surface area (Å²) in [5.74, 6) is 1.43. The van der Waals surface area contributed by atoms with Crippen LogP contribution in [0.1, 0.15) is 33.3 Å². The molecular formula is C20H29NO4S2. The molecule has 1 aromatic carbocycles. The number of rotatable bonds is 8. The summed E-state index contributed by atoms with van der Waals surface area (Å²) in [6.07, 6.45) is -0.432. The lowest BCUT2D eigenvalue weighted by molar-refractivity contribution is -0.145. The second-order valence-corrected chi connectivity index (χ2v) is 10.2. The standard InChI is InChI=1S/C20H29NO4S2/c1-5-26-18(27-6-2)17-16(24-20(3,4)25-17)15-12-21(15)19(22)23-13-14-10-8-7-9-11-14/h7-11,15-18H,5-6,12-13H2,1-4H3/t15-,16+,17-,21?/m1/s1. The maximum Gasteiger partial charge on any atom is 0.410 e. The Labute approximate surface area is 170 Å². The summed E-state index contributed by atoms with van der Waals surface area (Å²) in [6.45, 7) is 9.17. The summed E-state index contributed by atoms with van der Waals surface area (Å²) < 4.78 is 18.2. The molecular weight excluding hydrogens is 382 g/mol. The molecule has 150 valence electrons. The van der Waals surface area contributed by atoms with E-state index in [0.717, 1.165) is 17.1 Å². The molecule has 0 unspecified atom stereocenters. The zero-order valence-electron chi connectivity index (χ0n) is 16.4. The van der Waals surface area contributed by atoms with E-state index in [1.54, 1.807) is 4.90 Å². The molecule has 2 fully saturated rings. The van der Waals surface area contributed by atoms with Crippen molar-refractivity contribution in [2.45, 2.75) is 62.9 Å². The van der Waals surface area contributed by atoms with Crippen LogP contribution in [0, 0.1) is 0 Å². The Bertz CT molecular complexity index is 622. The van der Waals surface area contributed by atoms with E-state index in [2.05, 4.69) is 13.8 Å². The van der Waals surface area contributed by atoms with E-state index < -0.39 is 5.79 Å². The van der Waals surface area contributed by atoms with Crippen LogP contribution in [0.25, 0.3) is 0 Å². The minimum Gasteiger partial charge on any atom is -0.445 e. The van der Waals surface area contributed by atoms with Gasteiger partial charge in [-0.3, -0.25) is 4.90 Å². The third-order valence-corrected chi connectivity index (χ3v) is 7.24. The first-order valence-corrected chi connectivity index (χ1v) is 11.6. The highest BCUT2D eigenvalue weighted by molar-refractivity contribution is 8.17. The Balaban J connectivity index is 1.60. The van der Waals surface area contributed by atoms with Crippen LogP contribution in [0.15, 0.2) is 30.3 Å². The topological polar surface area (TPSA) is 47.8 Å². The van der Waals surface area contributed by atoms with Gasteiger partial charge in [-0.15, -0.1) is 23.5 Å². The molecule has 2 heterocycles. The van der Waals surface area contributed by atoms with Gasteiger partial charge in [0.2, 0.25) is 0 Å². The highest BCUT2D eigenvalue weighted by Crippen LogP contribution is 2.43. The molecule has 0 radical (unpaired) electrons. The normalized spacial score (nSPS) is 26.4. The van der Waals surface area contributed by atoms with Crippen molar-refractivity contribution in [2.75, 3.05) is 18.1 Å². The van der Waals surface area contributed by atoms with Crippen molar-refractivity contribution in [3.8, 4) is 0 Å². The third kappa shape index (κ3) is 5.34. The number of nitrogens with zero attached hydrogens (tertiary/aromatic N) is 1. The zero-order chi connectivity index (χ0) is 19.4. The molecule has 2 saturated heterocycles. The SMILES string of the molecule is CCSC(SCC)[C@@H]1OC(C)(C)O[C@H]1[C@H]1CN1C(=O)OCc1ccccc1. The summed E-state index contributed by atoms with van der Waals surface area (Å²) in [6, 6.07) is 9.76. The van der Waals surface area contributed by atoms with Crippen LogP contribution < -0.4 is 0 Å². The first-order chi connectivity index (χ1) is 12.9. The molecule has 3 rings (SSSR count). The molecule has 0 aromatic heterocycles. The molecule has 5 nitrogen and oxygen atoms in total. The molecule has 7 heteroatoms. The molecule has 2 aliphatic rings. The largest absolute Gasteiger partial charge is 0.445 e. The monoisotopic (exact) mass is 411 g/mol. The quantitative estimate of drug-likeness (QED) is 0.468. The maximum atomic E-state index is 12.4. The van der Waals surface area contributed by atoms with Crippen molar-refractivity contribution in [2.24, 2.45) is 0 Å². The number of ether oxygens (including phenoxy) is 3. The lowest BCUT2D eigenvalue weighted by Crippen LogP contribution is -2.37. The van der Waals surface area contributed by atoms with E-state index in [-0.39, 0.29) is 24.3 Å². The maximum absolute atomic E-state index is 12.4. The predicted octanol–water partition coefficient (Wildman–Crippen LogP) is 4.36. The second-order valence-electron chi connectivity index (χ2n) is 7.10. The second kappa shape index (κ2) is 9.07. The van der Waals surface area contributed by atoms with E-state index >= 15 is 0 Å². The summed E-state index contributed by atoms with van der Waals surface area (Å²) in [5, 5.41) is 0. The van der Waals surface area contributed by atoms with Gasteiger partial charge in [0.15, 0.2) is 5.79 Å². The number of carbonyl (C=O) groups excluding carboxylic acids is 1. The Morgan fingerprint density at radius 1 is 1.22 bits per heavy atom. The Morgan fingerprint density at radius 3 is 2.52 bits per heavy atom. The first kappa shape index (κ1) is 20.8. The Kier molecular flexibility index (Phi) is 7.00. The van der Waals surface area contributed by atoms with E-state index in [1.807, 2.05) is 67.7 Å². The van der Waals surface area contributed by atoms with Crippen LogP contribution in [0.2, 0.25) is 0 Å². The van der Waals surface area contributed by atoms with E-state index in [0.29, 0.717) is 17.7 Å². The van der Waals surface area contributed by atoms with E-state index in [9.17, 15) is 4.79 Å². The summed E-state index contributed by atoms with van der Waals surface area (Å²) >= 11 is 3.78. The number of hydrogen-bond acceptors (Lipinski definition) is 6. The molecule has 1 aromatic rings. The highest BCUT2D eigenvalue weighted by atomic mass is 32.2. The number of amides is 1. The number of carbonyl (C=O) groups is 1. The molecule has 0 bridgehead atoms. The summed E-state index contributed by atoms with van der Waals surface area (Å²) in [5.41, 5.74) is 0.988. The molecule has 0 saturated carbocycles. The van der Waals surface area contributed by atoms with Gasteiger partial charge in [0.05, 0.1) is 10.6 Å². The number of hydrogen-bond donors (Lipinski definition) is 0. The molecule has 0 spiro atoms. The van der Waals surface area contributed by atoms with Gasteiger partial charge in [-0.1, -0.05) is 44.2 Å². The van der Waals surface area contributed by atoms with Crippen LogP contribution in [0.5, 0.6) is 0 Å². The molecule has 2 aliphatic heterocycles. The van der Waals surface area contributed by atoms with Gasteiger partial charge in [0.25, 0.3) is 0 Å². The Morgan fingerprint density at radius 2 is 1.89 bits per heavy atom. The summed E-state index contributed by atoms with van der Waals surface area (Å²) in [4.78, 5) is 14.2. The van der Waals surface area contributed by atoms with Crippen molar-refractivity contribution < 1.29 is 19.0 Å². The average Bonchev–Trinajstić information content (AvgIpc) is 3.38. The van der Waals surface area contributed by atoms with Gasteiger partial charge in [0, 0.05) is 6.54 Å². The lowest BCUT2D eigenvalue weighted by Gasteiger charge is -2.25. The zero-order valence-corrected chi connectivity index (χ0v) is 18.1. The molecule has 3 atom stereocenters. The molecule has 0 N–H and O–H groups in total. The smallest absolute Gasteiger partial charge is 0.410 e. The minimum absolute atomic E-state index is 0.0254. The van der Waals surface area contributed by atoms with Gasteiger partial charge in [-0.05, 0) is 30.9 Å². The fourth-order valence-corrected chi connectivity index (χ4v) is 6.00. The number of thioether (sulfide) groups is 2.